The zero-order valence-electron chi connectivity index (χ0n) is 14.2. The molecule has 0 bridgehead atoms. The zero-order valence-corrected chi connectivity index (χ0v) is 14.2. The lowest BCUT2D eigenvalue weighted by atomic mass is 10.1. The molecule has 2 rings (SSSR count). The summed E-state index contributed by atoms with van der Waals surface area (Å²) in [6.07, 6.45) is 3.09. The molecule has 0 spiro atoms. The molecular weight excluding hydrogens is 276 g/mol. The molecule has 1 atom stereocenters. The summed E-state index contributed by atoms with van der Waals surface area (Å²) in [5, 5.41) is 3.35. The van der Waals surface area contributed by atoms with Crippen molar-refractivity contribution in [1.82, 2.24) is 14.8 Å². The lowest BCUT2D eigenvalue weighted by molar-refractivity contribution is 0.0460. The summed E-state index contributed by atoms with van der Waals surface area (Å²) in [6.45, 7) is 11.5. The highest BCUT2D eigenvalue weighted by atomic mass is 16.5. The minimum absolute atomic E-state index is 0.626. The standard InChI is InChI=1S/C17H30N4O/c1-4-17-14-20(8-9-21(17)10-11-22-3)13-16-12-15(18-5-2)6-7-19-16/h6-7,12,17H,4-5,8-11,13-14H2,1-3H3,(H,18,19). The lowest BCUT2D eigenvalue weighted by Gasteiger charge is -2.41. The maximum Gasteiger partial charge on any atom is 0.0589 e. The fourth-order valence-corrected chi connectivity index (χ4v) is 3.10. The fourth-order valence-electron chi connectivity index (χ4n) is 3.10. The Kier molecular flexibility index (Phi) is 7.09. The van der Waals surface area contributed by atoms with Gasteiger partial charge in [-0.15, -0.1) is 0 Å². The highest BCUT2D eigenvalue weighted by molar-refractivity contribution is 5.42. The van der Waals surface area contributed by atoms with Gasteiger partial charge in [-0.3, -0.25) is 14.8 Å². The van der Waals surface area contributed by atoms with Crippen LogP contribution >= 0.6 is 0 Å². The maximum absolute atomic E-state index is 5.22. The Hall–Kier alpha value is -1.17. The highest BCUT2D eigenvalue weighted by Gasteiger charge is 2.25. The third-order valence-electron chi connectivity index (χ3n) is 4.33. The van der Waals surface area contributed by atoms with Gasteiger partial charge in [-0.05, 0) is 25.5 Å². The largest absolute Gasteiger partial charge is 0.385 e. The van der Waals surface area contributed by atoms with E-state index in [0.717, 1.165) is 51.6 Å². The van der Waals surface area contributed by atoms with Crippen LogP contribution in [0.5, 0.6) is 0 Å². The number of anilines is 1. The minimum atomic E-state index is 0.626. The molecular formula is C17H30N4O. The van der Waals surface area contributed by atoms with Gasteiger partial charge >= 0.3 is 0 Å². The second kappa shape index (κ2) is 9.08. The van der Waals surface area contributed by atoms with Crippen molar-refractivity contribution in [1.29, 1.82) is 0 Å². The molecule has 1 aliphatic rings. The summed E-state index contributed by atoms with van der Waals surface area (Å²) in [7, 11) is 1.78. The Balaban J connectivity index is 1.90. The number of rotatable bonds is 8. The number of pyridine rings is 1. The topological polar surface area (TPSA) is 40.6 Å². The van der Waals surface area contributed by atoms with E-state index >= 15 is 0 Å². The number of nitrogens with one attached hydrogen (secondary N) is 1. The number of hydrogen-bond acceptors (Lipinski definition) is 5. The van der Waals surface area contributed by atoms with E-state index in [-0.39, 0.29) is 0 Å². The highest BCUT2D eigenvalue weighted by Crippen LogP contribution is 2.16. The van der Waals surface area contributed by atoms with Crippen LogP contribution in [-0.4, -0.2) is 67.3 Å². The third-order valence-corrected chi connectivity index (χ3v) is 4.33. The monoisotopic (exact) mass is 306 g/mol. The molecule has 1 saturated heterocycles. The zero-order chi connectivity index (χ0) is 15.8. The number of nitrogens with zero attached hydrogens (tertiary/aromatic N) is 3. The first-order valence-electron chi connectivity index (χ1n) is 8.41. The summed E-state index contributed by atoms with van der Waals surface area (Å²) in [6, 6.07) is 4.83. The van der Waals surface area contributed by atoms with Gasteiger partial charge in [-0.1, -0.05) is 6.92 Å². The van der Waals surface area contributed by atoms with E-state index in [2.05, 4.69) is 40.0 Å². The molecule has 0 radical (unpaired) electrons. The third kappa shape index (κ3) is 4.93. The van der Waals surface area contributed by atoms with Crippen molar-refractivity contribution in [3.05, 3.63) is 24.0 Å². The number of ether oxygens (including phenoxy) is 1. The van der Waals surface area contributed by atoms with E-state index in [1.54, 1.807) is 7.11 Å². The van der Waals surface area contributed by atoms with Gasteiger partial charge in [0, 0.05) is 64.3 Å². The van der Waals surface area contributed by atoms with Crippen LogP contribution < -0.4 is 5.32 Å². The maximum atomic E-state index is 5.22. The molecule has 1 aliphatic heterocycles. The van der Waals surface area contributed by atoms with Crippen LogP contribution in [0.2, 0.25) is 0 Å². The van der Waals surface area contributed by atoms with Crippen molar-refractivity contribution in [2.45, 2.75) is 32.9 Å². The molecule has 1 fully saturated rings. The molecule has 124 valence electrons. The quantitative estimate of drug-likeness (QED) is 0.796. The first-order valence-corrected chi connectivity index (χ1v) is 8.41. The van der Waals surface area contributed by atoms with Crippen molar-refractivity contribution in [3.63, 3.8) is 0 Å². The Bertz CT molecular complexity index is 440. The van der Waals surface area contributed by atoms with Gasteiger partial charge in [0.05, 0.1) is 12.3 Å². The molecule has 1 aromatic rings. The summed E-state index contributed by atoms with van der Waals surface area (Å²) in [5.74, 6) is 0. The van der Waals surface area contributed by atoms with E-state index in [4.69, 9.17) is 4.74 Å². The molecule has 2 heterocycles. The molecule has 1 unspecified atom stereocenters. The van der Waals surface area contributed by atoms with Crippen LogP contribution in [0.3, 0.4) is 0 Å². The molecule has 1 aromatic heterocycles. The summed E-state index contributed by atoms with van der Waals surface area (Å²) >= 11 is 0. The fraction of sp³-hybridized carbons (Fsp3) is 0.706. The van der Waals surface area contributed by atoms with E-state index in [9.17, 15) is 0 Å². The van der Waals surface area contributed by atoms with Crippen molar-refractivity contribution < 1.29 is 4.74 Å². The van der Waals surface area contributed by atoms with Crippen molar-refractivity contribution >= 4 is 5.69 Å². The Morgan fingerprint density at radius 3 is 2.95 bits per heavy atom. The van der Waals surface area contributed by atoms with Crippen LogP contribution in [0.1, 0.15) is 26.0 Å². The smallest absolute Gasteiger partial charge is 0.0589 e. The molecule has 5 nitrogen and oxygen atoms in total. The van der Waals surface area contributed by atoms with Gasteiger partial charge in [0.2, 0.25) is 0 Å². The van der Waals surface area contributed by atoms with Crippen molar-refractivity contribution in [3.8, 4) is 0 Å². The first kappa shape index (κ1) is 17.2. The molecule has 22 heavy (non-hydrogen) atoms. The van der Waals surface area contributed by atoms with Crippen LogP contribution in [0.25, 0.3) is 0 Å². The number of hydrogen-bond donors (Lipinski definition) is 1. The van der Waals surface area contributed by atoms with Gasteiger partial charge < -0.3 is 10.1 Å². The van der Waals surface area contributed by atoms with Crippen LogP contribution in [0.15, 0.2) is 18.3 Å². The summed E-state index contributed by atoms with van der Waals surface area (Å²) in [4.78, 5) is 9.60. The average molecular weight is 306 g/mol. The van der Waals surface area contributed by atoms with Crippen molar-refractivity contribution in [2.75, 3.05) is 51.8 Å². The summed E-state index contributed by atoms with van der Waals surface area (Å²) in [5.41, 5.74) is 2.32. The first-order chi connectivity index (χ1) is 10.8. The van der Waals surface area contributed by atoms with E-state index < -0.39 is 0 Å². The summed E-state index contributed by atoms with van der Waals surface area (Å²) < 4.78 is 5.22. The van der Waals surface area contributed by atoms with Gasteiger partial charge in [0.15, 0.2) is 0 Å². The predicted molar refractivity (Wildman–Crippen MR) is 91.2 cm³/mol. The molecule has 5 heteroatoms. The molecule has 0 saturated carbocycles. The number of piperazine rings is 1. The molecule has 0 aliphatic carbocycles. The van der Waals surface area contributed by atoms with E-state index in [0.29, 0.717) is 6.04 Å². The normalized spacial score (nSPS) is 20.2. The molecule has 0 aromatic carbocycles. The van der Waals surface area contributed by atoms with Gasteiger partial charge in [-0.25, -0.2) is 0 Å². The van der Waals surface area contributed by atoms with Gasteiger partial charge in [-0.2, -0.15) is 0 Å². The van der Waals surface area contributed by atoms with E-state index in [1.807, 2.05) is 12.3 Å². The van der Waals surface area contributed by atoms with Crippen LogP contribution in [0.4, 0.5) is 5.69 Å². The SMILES string of the molecule is CCNc1ccnc(CN2CCN(CCOC)C(CC)C2)c1. The Morgan fingerprint density at radius 1 is 1.36 bits per heavy atom. The predicted octanol–water partition coefficient (Wildman–Crippen LogP) is 2.06. The number of methoxy groups -OCH3 is 1. The Morgan fingerprint density at radius 2 is 2.23 bits per heavy atom. The van der Waals surface area contributed by atoms with Crippen LogP contribution in [0, 0.1) is 0 Å². The second-order valence-electron chi connectivity index (χ2n) is 5.89. The van der Waals surface area contributed by atoms with Gasteiger partial charge in [0.1, 0.15) is 0 Å². The van der Waals surface area contributed by atoms with Crippen molar-refractivity contribution in [2.24, 2.45) is 0 Å². The number of aromatic nitrogens is 1. The van der Waals surface area contributed by atoms with E-state index in [1.165, 1.54) is 12.1 Å². The van der Waals surface area contributed by atoms with Crippen LogP contribution in [-0.2, 0) is 11.3 Å². The lowest BCUT2D eigenvalue weighted by Crippen LogP contribution is -2.53. The molecule has 0 amide bonds. The average Bonchev–Trinajstić information content (AvgIpc) is 2.54. The molecule has 1 N–H and O–H groups in total. The second-order valence-corrected chi connectivity index (χ2v) is 5.89. The van der Waals surface area contributed by atoms with Gasteiger partial charge in [0.25, 0.3) is 0 Å². The minimum Gasteiger partial charge on any atom is -0.385 e. The Labute approximate surface area is 134 Å².